The van der Waals surface area contributed by atoms with E-state index in [1.165, 1.54) is 135 Å². The van der Waals surface area contributed by atoms with Crippen molar-refractivity contribution >= 4 is 19.8 Å². The molecule has 0 aliphatic carbocycles. The predicted molar refractivity (Wildman–Crippen MR) is 234 cm³/mol. The van der Waals surface area contributed by atoms with Crippen LogP contribution in [-0.2, 0) is 32.7 Å². The minimum atomic E-state index is -4.37. The van der Waals surface area contributed by atoms with Gasteiger partial charge in [0.1, 0.15) is 19.8 Å². The third kappa shape index (κ3) is 42.4. The summed E-state index contributed by atoms with van der Waals surface area (Å²) in [5, 5.41) is 0. The summed E-state index contributed by atoms with van der Waals surface area (Å²) in [5.74, 6) is -0.797. The number of hydrogen-bond acceptors (Lipinski definition) is 7. The van der Waals surface area contributed by atoms with Crippen molar-refractivity contribution in [2.24, 2.45) is 0 Å². The van der Waals surface area contributed by atoms with Gasteiger partial charge in [0.15, 0.2) is 6.10 Å². The second kappa shape index (κ2) is 39.2. The van der Waals surface area contributed by atoms with Crippen LogP contribution in [0.25, 0.3) is 0 Å². The maximum absolute atomic E-state index is 12.7. The zero-order valence-electron chi connectivity index (χ0n) is 37.4. The number of allylic oxidation sites excluding steroid dienone is 2. The molecule has 0 aromatic carbocycles. The van der Waals surface area contributed by atoms with Crippen LogP contribution in [-0.4, -0.2) is 74.9 Å². The van der Waals surface area contributed by atoms with Gasteiger partial charge in [0, 0.05) is 12.8 Å². The smallest absolute Gasteiger partial charge is 0.462 e. The van der Waals surface area contributed by atoms with Gasteiger partial charge in [-0.25, -0.2) is 4.57 Å². The number of unbranched alkanes of at least 4 members (excludes halogenated alkanes) is 27. The van der Waals surface area contributed by atoms with E-state index in [0.29, 0.717) is 23.9 Å². The lowest BCUT2D eigenvalue weighted by Crippen LogP contribution is -2.37. The summed E-state index contributed by atoms with van der Waals surface area (Å²) in [6.07, 6.45) is 41.1. The zero-order chi connectivity index (χ0) is 41.4. The molecule has 0 aliphatic heterocycles. The van der Waals surface area contributed by atoms with E-state index in [-0.39, 0.29) is 25.6 Å². The second-order valence-electron chi connectivity index (χ2n) is 17.1. The Labute approximate surface area is 346 Å². The van der Waals surface area contributed by atoms with Crippen LogP contribution in [0.3, 0.4) is 0 Å². The topological polar surface area (TPSA) is 108 Å². The molecule has 10 heteroatoms. The molecular weight excluding hydrogens is 725 g/mol. The third-order valence-electron chi connectivity index (χ3n) is 10.3. The Morgan fingerprint density at radius 1 is 0.536 bits per heavy atom. The molecule has 0 radical (unpaired) electrons. The molecule has 1 N–H and O–H groups in total. The fraction of sp³-hybridized carbons (Fsp3) is 0.913. The first-order chi connectivity index (χ1) is 27.0. The molecule has 0 bridgehead atoms. The van der Waals surface area contributed by atoms with Gasteiger partial charge in [0.25, 0.3) is 0 Å². The zero-order valence-corrected chi connectivity index (χ0v) is 38.3. The highest BCUT2D eigenvalue weighted by molar-refractivity contribution is 7.47. The van der Waals surface area contributed by atoms with E-state index in [9.17, 15) is 19.0 Å². The summed E-state index contributed by atoms with van der Waals surface area (Å²) >= 11 is 0. The summed E-state index contributed by atoms with van der Waals surface area (Å²) in [6, 6.07) is 0. The van der Waals surface area contributed by atoms with Crippen LogP contribution in [0.4, 0.5) is 0 Å². The minimum Gasteiger partial charge on any atom is -0.462 e. The molecule has 0 saturated carbocycles. The maximum Gasteiger partial charge on any atom is 0.472 e. The normalized spacial score (nSPS) is 13.6. The van der Waals surface area contributed by atoms with Gasteiger partial charge in [-0.2, -0.15) is 0 Å². The molecule has 0 spiro atoms. The van der Waals surface area contributed by atoms with E-state index in [1.807, 2.05) is 21.1 Å². The predicted octanol–water partition coefficient (Wildman–Crippen LogP) is 13.4. The lowest BCUT2D eigenvalue weighted by Gasteiger charge is -2.24. The first-order valence-corrected chi connectivity index (χ1v) is 24.9. The third-order valence-corrected chi connectivity index (χ3v) is 11.3. The first-order valence-electron chi connectivity index (χ1n) is 23.4. The molecule has 0 amide bonds. The van der Waals surface area contributed by atoms with Gasteiger partial charge >= 0.3 is 19.8 Å². The number of carbonyl (C=O) groups is 2. The molecule has 56 heavy (non-hydrogen) atoms. The SMILES string of the molecule is CCCCCCC/C=C/CCCCCCCC(=O)O[C@@H](COC(=O)CCCCCCCCCCCCCCCCCCCC)COP(=O)(O)OCC[N+](C)(C)C. The Bertz CT molecular complexity index is 969. The van der Waals surface area contributed by atoms with Crippen molar-refractivity contribution in [3.05, 3.63) is 12.2 Å². The van der Waals surface area contributed by atoms with E-state index in [1.54, 1.807) is 0 Å². The van der Waals surface area contributed by atoms with Gasteiger partial charge in [-0.05, 0) is 38.5 Å². The first kappa shape index (κ1) is 54.8. The fourth-order valence-corrected chi connectivity index (χ4v) is 7.34. The number of carbonyl (C=O) groups excluding carboxylic acids is 2. The van der Waals surface area contributed by atoms with Gasteiger partial charge in [0.2, 0.25) is 0 Å². The number of rotatable bonds is 43. The molecule has 0 fully saturated rings. The number of phosphoric acid groups is 1. The lowest BCUT2D eigenvalue weighted by molar-refractivity contribution is -0.870. The maximum atomic E-state index is 12.7. The van der Waals surface area contributed by atoms with Gasteiger partial charge < -0.3 is 18.9 Å². The highest BCUT2D eigenvalue weighted by Crippen LogP contribution is 2.43. The lowest BCUT2D eigenvalue weighted by atomic mass is 10.0. The number of phosphoric ester groups is 1. The molecule has 2 atom stereocenters. The minimum absolute atomic E-state index is 0.0333. The van der Waals surface area contributed by atoms with E-state index >= 15 is 0 Å². The summed E-state index contributed by atoms with van der Waals surface area (Å²) in [4.78, 5) is 35.4. The van der Waals surface area contributed by atoms with Crippen LogP contribution in [0.5, 0.6) is 0 Å². The highest BCUT2D eigenvalue weighted by Gasteiger charge is 2.27. The average molecular weight is 817 g/mol. The van der Waals surface area contributed by atoms with Crippen molar-refractivity contribution in [3.8, 4) is 0 Å². The molecule has 0 aromatic heterocycles. The fourth-order valence-electron chi connectivity index (χ4n) is 6.60. The molecule has 0 aromatic rings. The summed E-state index contributed by atoms with van der Waals surface area (Å²) in [6.45, 7) is 4.44. The average Bonchev–Trinajstić information content (AvgIpc) is 3.15. The molecule has 0 rings (SSSR count). The molecule has 0 heterocycles. The molecule has 332 valence electrons. The molecule has 9 nitrogen and oxygen atoms in total. The monoisotopic (exact) mass is 817 g/mol. The van der Waals surface area contributed by atoms with E-state index in [4.69, 9.17) is 18.5 Å². The van der Waals surface area contributed by atoms with Crippen molar-refractivity contribution in [3.63, 3.8) is 0 Å². The number of nitrogens with zero attached hydrogens (tertiary/aromatic N) is 1. The van der Waals surface area contributed by atoms with Crippen molar-refractivity contribution in [2.45, 2.75) is 225 Å². The van der Waals surface area contributed by atoms with Crippen molar-refractivity contribution in [1.82, 2.24) is 0 Å². The molecule has 0 aliphatic rings. The van der Waals surface area contributed by atoms with Crippen molar-refractivity contribution in [1.29, 1.82) is 0 Å². The Balaban J connectivity index is 4.28. The quantitative estimate of drug-likeness (QED) is 0.0213. The number of quaternary nitrogens is 1. The number of esters is 2. The van der Waals surface area contributed by atoms with Crippen LogP contribution in [0.2, 0.25) is 0 Å². The van der Waals surface area contributed by atoms with E-state index in [0.717, 1.165) is 51.4 Å². The summed E-state index contributed by atoms with van der Waals surface area (Å²) in [7, 11) is 1.48. The van der Waals surface area contributed by atoms with Gasteiger partial charge in [-0.1, -0.05) is 180 Å². The van der Waals surface area contributed by atoms with Gasteiger partial charge in [0.05, 0.1) is 27.7 Å². The van der Waals surface area contributed by atoms with E-state index in [2.05, 4.69) is 26.0 Å². The number of likely N-dealkylation sites (N-methyl/N-ethyl adjacent to an activating group) is 1. The second-order valence-corrected chi connectivity index (χ2v) is 18.6. The van der Waals surface area contributed by atoms with Gasteiger partial charge in [-0.15, -0.1) is 0 Å². The van der Waals surface area contributed by atoms with Crippen molar-refractivity contribution in [2.75, 3.05) is 47.5 Å². The molecule has 1 unspecified atom stereocenters. The summed E-state index contributed by atoms with van der Waals surface area (Å²) in [5.41, 5.74) is 0. The Hall–Kier alpha value is -1.25. The van der Waals surface area contributed by atoms with Crippen LogP contribution in [0.1, 0.15) is 219 Å². The van der Waals surface area contributed by atoms with Crippen LogP contribution in [0, 0.1) is 0 Å². The Kier molecular flexibility index (Phi) is 38.3. The van der Waals surface area contributed by atoms with Crippen LogP contribution >= 0.6 is 7.82 Å². The molecule has 0 saturated heterocycles. The summed E-state index contributed by atoms with van der Waals surface area (Å²) < 4.78 is 34.3. The Morgan fingerprint density at radius 3 is 1.32 bits per heavy atom. The van der Waals surface area contributed by atoms with Crippen LogP contribution in [0.15, 0.2) is 12.2 Å². The standard InChI is InChI=1S/C46H90NO8P/c1-6-8-10-12-14-16-18-20-22-23-24-25-27-28-30-32-34-36-38-45(48)52-42-44(43-54-56(50,51)53-41-40-47(3,4)5)55-46(49)39-37-35-33-31-29-26-21-19-17-15-13-11-9-7-2/h19,21,44H,6-18,20,22-43H2,1-5H3/p+1/b21-19+/t44-/m0/s1. The Morgan fingerprint density at radius 2 is 0.911 bits per heavy atom. The molecular formula is C46H91NO8P+. The van der Waals surface area contributed by atoms with E-state index < -0.39 is 26.5 Å². The van der Waals surface area contributed by atoms with Crippen molar-refractivity contribution < 1.29 is 42.1 Å². The van der Waals surface area contributed by atoms with Crippen LogP contribution < -0.4 is 0 Å². The number of hydrogen-bond donors (Lipinski definition) is 1. The number of ether oxygens (including phenoxy) is 2. The largest absolute Gasteiger partial charge is 0.472 e. The van der Waals surface area contributed by atoms with Gasteiger partial charge in [-0.3, -0.25) is 18.6 Å². The highest BCUT2D eigenvalue weighted by atomic mass is 31.2.